The average Bonchev–Trinajstić information content (AvgIpc) is 2.86. The summed E-state index contributed by atoms with van der Waals surface area (Å²) in [6, 6.07) is 3.35. The lowest BCUT2D eigenvalue weighted by molar-refractivity contribution is -0.385. The van der Waals surface area contributed by atoms with Gasteiger partial charge in [-0.05, 0) is 18.9 Å². The van der Waals surface area contributed by atoms with Crippen LogP contribution in [0.2, 0.25) is 0 Å². The van der Waals surface area contributed by atoms with E-state index in [9.17, 15) is 15.2 Å². The van der Waals surface area contributed by atoms with E-state index < -0.39 is 4.92 Å². The standard InChI is InChI=1S/C13H20N4O3/c1-2-12(18)9-16-6-5-10(8-16)15-13-4-3-11(7-14-13)17(19)20/h3-4,7,10,12,18H,2,5-6,8-9H2,1H3,(H,14,15)/t10?,12-/m1/s1. The Balaban J connectivity index is 1.84. The molecule has 0 amide bonds. The monoisotopic (exact) mass is 280 g/mol. The fourth-order valence-electron chi connectivity index (χ4n) is 2.33. The fourth-order valence-corrected chi connectivity index (χ4v) is 2.33. The molecule has 7 nitrogen and oxygen atoms in total. The molecule has 1 aromatic rings. The van der Waals surface area contributed by atoms with E-state index in [0.717, 1.165) is 25.9 Å². The Hall–Kier alpha value is -1.73. The van der Waals surface area contributed by atoms with Crippen molar-refractivity contribution in [2.45, 2.75) is 31.9 Å². The topological polar surface area (TPSA) is 91.5 Å². The molecule has 1 aliphatic heterocycles. The van der Waals surface area contributed by atoms with Gasteiger partial charge in [0.1, 0.15) is 12.0 Å². The zero-order valence-electron chi connectivity index (χ0n) is 11.5. The Kier molecular flexibility index (Phi) is 4.86. The molecule has 110 valence electrons. The van der Waals surface area contributed by atoms with E-state index in [-0.39, 0.29) is 17.8 Å². The van der Waals surface area contributed by atoms with Crippen LogP contribution >= 0.6 is 0 Å². The molecule has 2 heterocycles. The summed E-state index contributed by atoms with van der Waals surface area (Å²) in [5.41, 5.74) is -0.00494. The molecule has 0 aliphatic carbocycles. The maximum Gasteiger partial charge on any atom is 0.287 e. The predicted molar refractivity (Wildman–Crippen MR) is 75.7 cm³/mol. The molecule has 20 heavy (non-hydrogen) atoms. The third-order valence-corrected chi connectivity index (χ3v) is 3.52. The number of β-amino-alcohol motifs (C(OH)–C–C–N with tert-alkyl or cyclic N) is 1. The summed E-state index contributed by atoms with van der Waals surface area (Å²) in [5, 5.41) is 23.5. The minimum Gasteiger partial charge on any atom is -0.392 e. The van der Waals surface area contributed by atoms with E-state index in [1.807, 2.05) is 6.92 Å². The van der Waals surface area contributed by atoms with Gasteiger partial charge < -0.3 is 10.4 Å². The number of nitrogens with zero attached hydrogens (tertiary/aromatic N) is 3. The quantitative estimate of drug-likeness (QED) is 0.602. The largest absolute Gasteiger partial charge is 0.392 e. The summed E-state index contributed by atoms with van der Waals surface area (Å²) in [6.45, 7) is 4.47. The zero-order valence-corrected chi connectivity index (χ0v) is 11.5. The van der Waals surface area contributed by atoms with Crippen LogP contribution in [0.1, 0.15) is 19.8 Å². The van der Waals surface area contributed by atoms with Gasteiger partial charge in [0.25, 0.3) is 5.69 Å². The van der Waals surface area contributed by atoms with Crippen LogP contribution in [0.3, 0.4) is 0 Å². The SMILES string of the molecule is CC[C@@H](O)CN1CCC(Nc2ccc([N+](=O)[O-])cn2)C1. The summed E-state index contributed by atoms with van der Waals surface area (Å²) in [4.78, 5) is 16.4. The predicted octanol–water partition coefficient (Wildman–Crippen LogP) is 1.25. The van der Waals surface area contributed by atoms with Crippen molar-refractivity contribution in [3.05, 3.63) is 28.4 Å². The number of nitrogens with one attached hydrogen (secondary N) is 1. The Bertz CT molecular complexity index is 451. The van der Waals surface area contributed by atoms with Gasteiger partial charge in [0.15, 0.2) is 0 Å². The second kappa shape index (κ2) is 6.62. The van der Waals surface area contributed by atoms with E-state index in [1.54, 1.807) is 6.07 Å². The molecule has 2 atom stereocenters. The first kappa shape index (κ1) is 14.7. The highest BCUT2D eigenvalue weighted by Crippen LogP contribution is 2.17. The van der Waals surface area contributed by atoms with Crippen LogP contribution in [0, 0.1) is 10.1 Å². The molecule has 1 fully saturated rings. The lowest BCUT2D eigenvalue weighted by Gasteiger charge is -2.19. The normalized spacial score (nSPS) is 20.8. The second-order valence-electron chi connectivity index (χ2n) is 5.11. The second-order valence-corrected chi connectivity index (χ2v) is 5.11. The van der Waals surface area contributed by atoms with Gasteiger partial charge in [-0.25, -0.2) is 4.98 Å². The summed E-state index contributed by atoms with van der Waals surface area (Å²) in [6.07, 6.45) is 2.73. The van der Waals surface area contributed by atoms with E-state index in [1.165, 1.54) is 12.3 Å². The van der Waals surface area contributed by atoms with Crippen molar-refractivity contribution in [2.24, 2.45) is 0 Å². The highest BCUT2D eigenvalue weighted by Gasteiger charge is 2.23. The summed E-state index contributed by atoms with van der Waals surface area (Å²) >= 11 is 0. The first-order chi connectivity index (χ1) is 9.58. The Morgan fingerprint density at radius 3 is 3.05 bits per heavy atom. The van der Waals surface area contributed by atoms with Gasteiger partial charge in [-0.15, -0.1) is 0 Å². The minimum absolute atomic E-state index is 0.00494. The molecule has 0 bridgehead atoms. The lowest BCUT2D eigenvalue weighted by atomic mass is 10.2. The van der Waals surface area contributed by atoms with Gasteiger partial charge in [0, 0.05) is 31.7 Å². The molecule has 0 spiro atoms. The number of hydrogen-bond donors (Lipinski definition) is 2. The highest BCUT2D eigenvalue weighted by atomic mass is 16.6. The average molecular weight is 280 g/mol. The Morgan fingerprint density at radius 2 is 2.45 bits per heavy atom. The van der Waals surface area contributed by atoms with Gasteiger partial charge in [-0.3, -0.25) is 15.0 Å². The molecule has 2 N–H and O–H groups in total. The molecule has 2 rings (SSSR count). The number of aromatic nitrogens is 1. The lowest BCUT2D eigenvalue weighted by Crippen LogP contribution is -2.32. The van der Waals surface area contributed by atoms with Gasteiger partial charge in [-0.1, -0.05) is 6.92 Å². The summed E-state index contributed by atoms with van der Waals surface area (Å²) in [7, 11) is 0. The van der Waals surface area contributed by atoms with Crippen LogP contribution in [0.15, 0.2) is 18.3 Å². The molecule has 0 saturated carbocycles. The third-order valence-electron chi connectivity index (χ3n) is 3.52. The fraction of sp³-hybridized carbons (Fsp3) is 0.615. The maximum atomic E-state index is 10.5. The summed E-state index contributed by atoms with van der Waals surface area (Å²) in [5.74, 6) is 0.651. The van der Waals surface area contributed by atoms with Crippen molar-refractivity contribution in [3.63, 3.8) is 0 Å². The molecule has 0 radical (unpaired) electrons. The minimum atomic E-state index is -0.458. The first-order valence-electron chi connectivity index (χ1n) is 6.86. The van der Waals surface area contributed by atoms with E-state index in [2.05, 4.69) is 15.2 Å². The molecule has 1 saturated heterocycles. The molecular formula is C13H20N4O3. The molecular weight excluding hydrogens is 260 g/mol. The van der Waals surface area contributed by atoms with Crippen molar-refractivity contribution >= 4 is 11.5 Å². The molecule has 1 aliphatic rings. The van der Waals surface area contributed by atoms with Crippen molar-refractivity contribution in [1.29, 1.82) is 0 Å². The van der Waals surface area contributed by atoms with Crippen molar-refractivity contribution in [3.8, 4) is 0 Å². The Labute approximate surface area is 117 Å². The number of nitro groups is 1. The first-order valence-corrected chi connectivity index (χ1v) is 6.86. The number of aliphatic hydroxyl groups is 1. The van der Waals surface area contributed by atoms with Crippen molar-refractivity contribution in [1.82, 2.24) is 9.88 Å². The molecule has 7 heteroatoms. The van der Waals surface area contributed by atoms with Crippen LogP contribution in [0.5, 0.6) is 0 Å². The molecule has 1 unspecified atom stereocenters. The highest BCUT2D eigenvalue weighted by molar-refractivity contribution is 5.41. The molecule has 0 aromatic carbocycles. The van der Waals surface area contributed by atoms with Crippen LogP contribution in [-0.4, -0.2) is 51.7 Å². The number of rotatable bonds is 6. The Morgan fingerprint density at radius 1 is 1.65 bits per heavy atom. The number of pyridine rings is 1. The molecule has 1 aromatic heterocycles. The number of aliphatic hydroxyl groups excluding tert-OH is 1. The van der Waals surface area contributed by atoms with Gasteiger partial charge in [-0.2, -0.15) is 0 Å². The van der Waals surface area contributed by atoms with E-state index in [4.69, 9.17) is 0 Å². The number of hydrogen-bond acceptors (Lipinski definition) is 6. The smallest absolute Gasteiger partial charge is 0.287 e. The van der Waals surface area contributed by atoms with Crippen LogP contribution in [-0.2, 0) is 0 Å². The van der Waals surface area contributed by atoms with Crippen LogP contribution < -0.4 is 5.32 Å². The number of anilines is 1. The third kappa shape index (κ3) is 3.88. The van der Waals surface area contributed by atoms with E-state index >= 15 is 0 Å². The summed E-state index contributed by atoms with van der Waals surface area (Å²) < 4.78 is 0. The number of likely N-dealkylation sites (tertiary alicyclic amines) is 1. The van der Waals surface area contributed by atoms with Crippen molar-refractivity contribution in [2.75, 3.05) is 25.0 Å². The van der Waals surface area contributed by atoms with Gasteiger partial charge in [0.05, 0.1) is 11.0 Å². The van der Waals surface area contributed by atoms with Crippen LogP contribution in [0.25, 0.3) is 0 Å². The zero-order chi connectivity index (χ0) is 14.5. The van der Waals surface area contributed by atoms with Crippen molar-refractivity contribution < 1.29 is 10.0 Å². The van der Waals surface area contributed by atoms with Gasteiger partial charge >= 0.3 is 0 Å². The maximum absolute atomic E-state index is 10.5. The van der Waals surface area contributed by atoms with Gasteiger partial charge in [0.2, 0.25) is 0 Å². The van der Waals surface area contributed by atoms with E-state index in [0.29, 0.717) is 12.4 Å². The van der Waals surface area contributed by atoms with Crippen LogP contribution in [0.4, 0.5) is 11.5 Å².